The molecule has 2 rings (SSSR count). The molecule has 0 aromatic carbocycles. The van der Waals surface area contributed by atoms with Crippen molar-refractivity contribution in [2.45, 2.75) is 313 Å². The predicted molar refractivity (Wildman–Crippen MR) is 307 cm³/mol. The second-order valence-corrected chi connectivity index (χ2v) is 21.9. The van der Waals surface area contributed by atoms with Crippen LogP contribution in [0.2, 0.25) is 0 Å². The van der Waals surface area contributed by atoms with Gasteiger partial charge in [-0.25, -0.2) is 0 Å². The van der Waals surface area contributed by atoms with E-state index < -0.39 is 86.7 Å². The second-order valence-electron chi connectivity index (χ2n) is 21.9. The molecule has 11 atom stereocenters. The lowest BCUT2D eigenvalue weighted by molar-refractivity contribution is -0.332. The van der Waals surface area contributed by atoms with Gasteiger partial charge in [0, 0.05) is 13.0 Å². The highest BCUT2D eigenvalue weighted by molar-refractivity contribution is 5.69. The zero-order valence-corrected chi connectivity index (χ0v) is 48.4. The number of aliphatic hydroxyl groups excluding tert-OH is 7. The Labute approximate surface area is 467 Å². The SMILES string of the molecule is CC/C=C\C/C=C\C/C=C\C/C=C\CCCCCCC(=O)OC(COCCCCCCCCCCCCCCCCCCCCCCCCCCCC)COC1OC(COC2OC(CO)C(O)C(O)C2O)C(O)C(O)C1O. The summed E-state index contributed by atoms with van der Waals surface area (Å²) in [4.78, 5) is 13.1. The van der Waals surface area contributed by atoms with Gasteiger partial charge in [0.2, 0.25) is 0 Å². The lowest BCUT2D eigenvalue weighted by Crippen LogP contribution is -2.61. The number of ether oxygens (including phenoxy) is 6. The van der Waals surface area contributed by atoms with Gasteiger partial charge in [0.25, 0.3) is 0 Å². The van der Waals surface area contributed by atoms with Gasteiger partial charge in [-0.3, -0.25) is 4.79 Å². The van der Waals surface area contributed by atoms with E-state index in [0.717, 1.165) is 70.6 Å². The number of carbonyl (C=O) groups is 1. The van der Waals surface area contributed by atoms with Crippen LogP contribution in [0, 0.1) is 0 Å². The molecule has 2 saturated heterocycles. The number of carbonyl (C=O) groups excluding carboxylic acids is 1. The first-order chi connectivity index (χ1) is 37.6. The molecule has 0 saturated carbocycles. The van der Waals surface area contributed by atoms with E-state index in [0.29, 0.717) is 13.0 Å². The minimum absolute atomic E-state index is 0.0533. The van der Waals surface area contributed by atoms with Crippen LogP contribution in [0.25, 0.3) is 0 Å². The largest absolute Gasteiger partial charge is 0.457 e. The fourth-order valence-electron chi connectivity index (χ4n) is 9.87. The van der Waals surface area contributed by atoms with Crippen LogP contribution in [0.5, 0.6) is 0 Å². The fourth-order valence-corrected chi connectivity index (χ4v) is 9.87. The van der Waals surface area contributed by atoms with E-state index in [-0.39, 0.29) is 19.6 Å². The zero-order valence-electron chi connectivity index (χ0n) is 48.4. The summed E-state index contributed by atoms with van der Waals surface area (Å²) in [5.41, 5.74) is 0. The number of unbranched alkanes of at least 4 members (excludes halogenated alkanes) is 29. The molecule has 2 aliphatic heterocycles. The number of esters is 1. The Bertz CT molecular complexity index is 1460. The molecule has 14 heteroatoms. The van der Waals surface area contributed by atoms with Crippen molar-refractivity contribution in [3.63, 3.8) is 0 Å². The molecule has 7 N–H and O–H groups in total. The Hall–Kier alpha value is -2.05. The predicted octanol–water partition coefficient (Wildman–Crippen LogP) is 11.9. The van der Waals surface area contributed by atoms with Gasteiger partial charge < -0.3 is 64.2 Å². The molecule has 2 aliphatic rings. The van der Waals surface area contributed by atoms with Crippen LogP contribution in [-0.4, -0.2) is 142 Å². The third-order valence-corrected chi connectivity index (χ3v) is 14.9. The third kappa shape index (κ3) is 36.1. The van der Waals surface area contributed by atoms with Crippen molar-refractivity contribution in [2.75, 3.05) is 33.0 Å². The van der Waals surface area contributed by atoms with E-state index >= 15 is 0 Å². The average molecular weight is 1100 g/mol. The molecule has 2 heterocycles. The van der Waals surface area contributed by atoms with E-state index in [1.807, 2.05) is 0 Å². The molecule has 0 aromatic heterocycles. The van der Waals surface area contributed by atoms with Crippen LogP contribution in [-0.2, 0) is 33.2 Å². The second kappa shape index (κ2) is 49.7. The van der Waals surface area contributed by atoms with E-state index in [1.165, 1.54) is 148 Å². The lowest BCUT2D eigenvalue weighted by Gasteiger charge is -2.42. The van der Waals surface area contributed by atoms with Gasteiger partial charge in [0.15, 0.2) is 12.6 Å². The summed E-state index contributed by atoms with van der Waals surface area (Å²) in [7, 11) is 0. The molecule has 77 heavy (non-hydrogen) atoms. The topological polar surface area (TPSA) is 214 Å². The number of hydrogen-bond donors (Lipinski definition) is 7. The third-order valence-electron chi connectivity index (χ3n) is 14.9. The van der Waals surface area contributed by atoms with Crippen LogP contribution in [0.15, 0.2) is 48.6 Å². The first kappa shape index (κ1) is 71.1. The van der Waals surface area contributed by atoms with Gasteiger partial charge in [-0.2, -0.15) is 0 Å². The fraction of sp³-hybridized carbons (Fsp3) is 0.857. The van der Waals surface area contributed by atoms with Crippen LogP contribution < -0.4 is 0 Å². The Morgan fingerprint density at radius 1 is 0.442 bits per heavy atom. The van der Waals surface area contributed by atoms with Crippen molar-refractivity contribution < 1.29 is 69.0 Å². The van der Waals surface area contributed by atoms with Gasteiger partial charge in [-0.05, 0) is 51.4 Å². The summed E-state index contributed by atoms with van der Waals surface area (Å²) in [5.74, 6) is -0.396. The molecule has 14 nitrogen and oxygen atoms in total. The van der Waals surface area contributed by atoms with Crippen molar-refractivity contribution >= 4 is 5.97 Å². The summed E-state index contributed by atoms with van der Waals surface area (Å²) in [6, 6.07) is 0. The molecule has 2 fully saturated rings. The van der Waals surface area contributed by atoms with Gasteiger partial charge in [-0.15, -0.1) is 0 Å². The van der Waals surface area contributed by atoms with E-state index in [4.69, 9.17) is 28.4 Å². The summed E-state index contributed by atoms with van der Waals surface area (Å²) in [5, 5.41) is 72.4. The monoisotopic (exact) mass is 1090 g/mol. The van der Waals surface area contributed by atoms with Crippen molar-refractivity contribution in [1.29, 1.82) is 0 Å². The minimum atomic E-state index is -1.71. The van der Waals surface area contributed by atoms with Crippen molar-refractivity contribution in [3.8, 4) is 0 Å². The summed E-state index contributed by atoms with van der Waals surface area (Å²) in [6.45, 7) is 3.58. The Morgan fingerprint density at radius 2 is 0.844 bits per heavy atom. The van der Waals surface area contributed by atoms with Gasteiger partial charge in [0.1, 0.15) is 54.9 Å². The Balaban J connectivity index is 1.67. The number of rotatable bonds is 51. The van der Waals surface area contributed by atoms with Crippen LogP contribution >= 0.6 is 0 Å². The van der Waals surface area contributed by atoms with E-state index in [9.17, 15) is 40.5 Å². The van der Waals surface area contributed by atoms with Crippen LogP contribution in [0.3, 0.4) is 0 Å². The zero-order chi connectivity index (χ0) is 55.8. The molecule has 0 amide bonds. The molecule has 0 bridgehead atoms. The molecular weight excluding hydrogens is 981 g/mol. The lowest BCUT2D eigenvalue weighted by atomic mass is 9.98. The quantitative estimate of drug-likeness (QED) is 0.0172. The maximum atomic E-state index is 13.1. The molecule has 11 unspecified atom stereocenters. The molecular formula is C63H114O14. The van der Waals surface area contributed by atoms with Crippen molar-refractivity contribution in [2.24, 2.45) is 0 Å². The van der Waals surface area contributed by atoms with Crippen molar-refractivity contribution in [1.82, 2.24) is 0 Å². The average Bonchev–Trinajstić information content (AvgIpc) is 3.43. The molecule has 0 radical (unpaired) electrons. The first-order valence-electron chi connectivity index (χ1n) is 31.2. The van der Waals surface area contributed by atoms with Crippen molar-refractivity contribution in [3.05, 3.63) is 48.6 Å². The summed E-state index contributed by atoms with van der Waals surface area (Å²) in [6.07, 6.45) is 44.7. The van der Waals surface area contributed by atoms with Crippen LogP contribution in [0.1, 0.15) is 245 Å². The minimum Gasteiger partial charge on any atom is -0.457 e. The van der Waals surface area contributed by atoms with E-state index in [2.05, 4.69) is 62.5 Å². The molecule has 0 aliphatic carbocycles. The molecule has 450 valence electrons. The highest BCUT2D eigenvalue weighted by Gasteiger charge is 2.47. The number of aliphatic hydroxyl groups is 7. The van der Waals surface area contributed by atoms with E-state index in [1.54, 1.807) is 0 Å². The molecule has 0 aromatic rings. The van der Waals surface area contributed by atoms with Crippen LogP contribution in [0.4, 0.5) is 0 Å². The molecule has 0 spiro atoms. The van der Waals surface area contributed by atoms with Gasteiger partial charge in [0.05, 0.1) is 26.4 Å². The standard InChI is InChI=1S/C63H114O14/c1-3-5-7-9-11-13-15-17-19-21-22-23-24-25-26-27-28-29-31-33-35-37-39-41-43-45-47-72-49-52(75-55(65)46-44-42-40-38-36-34-32-30-20-18-16-14-12-10-8-6-4-2)50-73-62-61(71)59(69)57(67)54(77-62)51-74-63-60(70)58(68)56(66)53(48-64)76-63/h6,8,12,14,18,20,32,34,52-54,56-64,66-71H,3-5,7,9-11,13,15-17,19,21-31,33,35-51H2,1-2H3/b8-6-,14-12-,20-18-,34-32-. The Kier molecular flexibility index (Phi) is 45.9. The van der Waals surface area contributed by atoms with Gasteiger partial charge in [-0.1, -0.05) is 236 Å². The highest BCUT2D eigenvalue weighted by Crippen LogP contribution is 2.27. The summed E-state index contributed by atoms with van der Waals surface area (Å²) >= 11 is 0. The number of hydrogen-bond acceptors (Lipinski definition) is 14. The maximum Gasteiger partial charge on any atom is 0.306 e. The first-order valence-corrected chi connectivity index (χ1v) is 31.2. The normalized spacial score (nSPS) is 24.6. The summed E-state index contributed by atoms with van der Waals surface area (Å²) < 4.78 is 34.4. The Morgan fingerprint density at radius 3 is 1.32 bits per heavy atom. The smallest absolute Gasteiger partial charge is 0.306 e. The highest BCUT2D eigenvalue weighted by atomic mass is 16.7. The van der Waals surface area contributed by atoms with Gasteiger partial charge >= 0.3 is 5.97 Å². The number of allylic oxidation sites excluding steroid dienone is 8. The maximum absolute atomic E-state index is 13.1.